The van der Waals surface area contributed by atoms with E-state index in [2.05, 4.69) is 23.4 Å². The zero-order valence-corrected chi connectivity index (χ0v) is 14.4. The third-order valence-electron chi connectivity index (χ3n) is 5.19. The number of hydrogen-bond donors (Lipinski definition) is 1. The molecular formula is C18H23N3OS. The van der Waals surface area contributed by atoms with E-state index in [1.807, 2.05) is 23.1 Å². The Kier molecular flexibility index (Phi) is 3.76. The van der Waals surface area contributed by atoms with E-state index in [1.54, 1.807) is 11.3 Å². The summed E-state index contributed by atoms with van der Waals surface area (Å²) in [4.78, 5) is 14.8. The molecule has 2 aliphatic carbocycles. The molecule has 2 aliphatic rings. The van der Waals surface area contributed by atoms with E-state index in [1.165, 1.54) is 29.7 Å². The average molecular weight is 329 g/mol. The summed E-state index contributed by atoms with van der Waals surface area (Å²) in [5.41, 5.74) is 1.61. The van der Waals surface area contributed by atoms with Crippen LogP contribution in [0.25, 0.3) is 0 Å². The van der Waals surface area contributed by atoms with Gasteiger partial charge in [-0.25, -0.2) is 0 Å². The van der Waals surface area contributed by atoms with Gasteiger partial charge in [0.2, 0.25) is 0 Å². The summed E-state index contributed by atoms with van der Waals surface area (Å²) >= 11 is 1.69. The molecule has 0 radical (unpaired) electrons. The average Bonchev–Trinajstić information content (AvgIpc) is 2.95. The van der Waals surface area contributed by atoms with Gasteiger partial charge in [-0.3, -0.25) is 9.48 Å². The highest BCUT2D eigenvalue weighted by Crippen LogP contribution is 2.46. The number of thiophene rings is 1. The molecule has 4 nitrogen and oxygen atoms in total. The van der Waals surface area contributed by atoms with Gasteiger partial charge in [-0.1, -0.05) is 6.92 Å². The van der Waals surface area contributed by atoms with Crippen LogP contribution in [0.1, 0.15) is 46.3 Å². The summed E-state index contributed by atoms with van der Waals surface area (Å²) in [5.74, 6) is 0.848. The Bertz CT molecular complexity index is 700. The predicted molar refractivity (Wildman–Crippen MR) is 91.7 cm³/mol. The number of carbonyl (C=O) groups is 1. The van der Waals surface area contributed by atoms with Gasteiger partial charge in [0.15, 0.2) is 0 Å². The monoisotopic (exact) mass is 329 g/mol. The summed E-state index contributed by atoms with van der Waals surface area (Å²) in [6.45, 7) is 3.95. The van der Waals surface area contributed by atoms with Crippen molar-refractivity contribution in [3.05, 3.63) is 39.8 Å². The van der Waals surface area contributed by atoms with E-state index in [4.69, 9.17) is 0 Å². The SMILES string of the molecule is C[C@@H]1CCc2sc(C(=O)NCC3(Cn4cccn4)CC3)cc2C1. The first kappa shape index (κ1) is 14.9. The van der Waals surface area contributed by atoms with Gasteiger partial charge in [-0.2, -0.15) is 5.10 Å². The second-order valence-electron chi connectivity index (χ2n) is 7.29. The molecule has 1 fully saturated rings. The quantitative estimate of drug-likeness (QED) is 0.915. The molecule has 122 valence electrons. The van der Waals surface area contributed by atoms with Crippen molar-refractivity contribution in [2.45, 2.75) is 45.6 Å². The fourth-order valence-corrected chi connectivity index (χ4v) is 4.60. The van der Waals surface area contributed by atoms with E-state index < -0.39 is 0 Å². The number of carbonyl (C=O) groups excluding carboxylic acids is 1. The summed E-state index contributed by atoms with van der Waals surface area (Å²) in [6.07, 6.45) is 9.67. The largest absolute Gasteiger partial charge is 0.351 e. The first-order chi connectivity index (χ1) is 11.1. The highest BCUT2D eigenvalue weighted by molar-refractivity contribution is 7.14. The maximum absolute atomic E-state index is 12.5. The second kappa shape index (κ2) is 5.78. The maximum atomic E-state index is 12.5. The molecule has 1 N–H and O–H groups in total. The Morgan fingerprint density at radius 2 is 2.39 bits per heavy atom. The molecule has 2 aromatic heterocycles. The van der Waals surface area contributed by atoms with Gasteiger partial charge in [0, 0.05) is 35.8 Å². The van der Waals surface area contributed by atoms with Crippen LogP contribution in [0.5, 0.6) is 0 Å². The summed E-state index contributed by atoms with van der Waals surface area (Å²) < 4.78 is 1.98. The topological polar surface area (TPSA) is 46.9 Å². The van der Waals surface area contributed by atoms with E-state index in [9.17, 15) is 4.79 Å². The summed E-state index contributed by atoms with van der Waals surface area (Å²) in [6, 6.07) is 4.07. The third-order valence-corrected chi connectivity index (χ3v) is 6.43. The van der Waals surface area contributed by atoms with Gasteiger partial charge in [-0.05, 0) is 55.7 Å². The summed E-state index contributed by atoms with van der Waals surface area (Å²) in [7, 11) is 0. The van der Waals surface area contributed by atoms with E-state index in [0.29, 0.717) is 0 Å². The minimum absolute atomic E-state index is 0.101. The third kappa shape index (κ3) is 3.20. The zero-order valence-electron chi connectivity index (χ0n) is 13.5. The number of fused-ring (bicyclic) bond motifs is 1. The Balaban J connectivity index is 1.37. The zero-order chi connectivity index (χ0) is 15.9. The molecule has 2 heterocycles. The Morgan fingerprint density at radius 1 is 1.52 bits per heavy atom. The number of nitrogens with one attached hydrogen (secondary N) is 1. The van der Waals surface area contributed by atoms with Crippen molar-refractivity contribution in [1.29, 1.82) is 0 Å². The van der Waals surface area contributed by atoms with Crippen molar-refractivity contribution in [2.75, 3.05) is 6.54 Å². The molecule has 0 bridgehead atoms. The van der Waals surface area contributed by atoms with Gasteiger partial charge in [-0.15, -0.1) is 11.3 Å². The standard InChI is InChI=1S/C18H23N3OS/c1-13-3-4-15-14(9-13)10-16(23-15)17(22)19-11-18(5-6-18)12-21-8-2-7-20-21/h2,7-8,10,13H,3-6,9,11-12H2,1H3,(H,19,22)/t13-/m1/s1. The van der Waals surface area contributed by atoms with Crippen molar-refractivity contribution in [1.82, 2.24) is 15.1 Å². The van der Waals surface area contributed by atoms with Crippen LogP contribution < -0.4 is 5.32 Å². The lowest BCUT2D eigenvalue weighted by molar-refractivity contribution is 0.0946. The lowest BCUT2D eigenvalue weighted by atomic mass is 9.90. The molecule has 0 unspecified atom stereocenters. The normalized spacial score (nSPS) is 21.7. The van der Waals surface area contributed by atoms with Crippen LogP contribution in [0, 0.1) is 11.3 Å². The van der Waals surface area contributed by atoms with Crippen LogP contribution in [0.3, 0.4) is 0 Å². The highest BCUT2D eigenvalue weighted by atomic mass is 32.1. The lowest BCUT2D eigenvalue weighted by Gasteiger charge is -2.16. The van der Waals surface area contributed by atoms with E-state index in [-0.39, 0.29) is 11.3 Å². The van der Waals surface area contributed by atoms with Crippen LogP contribution in [0.15, 0.2) is 24.5 Å². The van der Waals surface area contributed by atoms with Crippen molar-refractivity contribution >= 4 is 17.2 Å². The molecule has 1 saturated carbocycles. The van der Waals surface area contributed by atoms with Gasteiger partial charge in [0.1, 0.15) is 0 Å². The molecule has 2 aromatic rings. The highest BCUT2D eigenvalue weighted by Gasteiger charge is 2.43. The van der Waals surface area contributed by atoms with Crippen LogP contribution >= 0.6 is 11.3 Å². The molecule has 0 saturated heterocycles. The number of rotatable bonds is 5. The predicted octanol–water partition coefficient (Wildman–Crippen LogP) is 3.28. The molecule has 23 heavy (non-hydrogen) atoms. The lowest BCUT2D eigenvalue weighted by Crippen LogP contribution is -2.32. The van der Waals surface area contributed by atoms with Crippen LogP contribution in [0.2, 0.25) is 0 Å². The Labute approximate surface area is 140 Å². The molecule has 1 atom stereocenters. The number of hydrogen-bond acceptors (Lipinski definition) is 3. The van der Waals surface area contributed by atoms with E-state index in [0.717, 1.165) is 36.7 Å². The Morgan fingerprint density at radius 3 is 3.13 bits per heavy atom. The van der Waals surface area contributed by atoms with Gasteiger partial charge >= 0.3 is 0 Å². The first-order valence-electron chi connectivity index (χ1n) is 8.51. The molecule has 0 spiro atoms. The number of aromatic nitrogens is 2. The fraction of sp³-hybridized carbons (Fsp3) is 0.556. The van der Waals surface area contributed by atoms with Crippen LogP contribution in [0.4, 0.5) is 0 Å². The summed E-state index contributed by atoms with van der Waals surface area (Å²) in [5, 5.41) is 7.45. The minimum Gasteiger partial charge on any atom is -0.351 e. The molecule has 0 aliphatic heterocycles. The second-order valence-corrected chi connectivity index (χ2v) is 8.43. The van der Waals surface area contributed by atoms with Gasteiger partial charge in [0.05, 0.1) is 4.88 Å². The first-order valence-corrected chi connectivity index (χ1v) is 9.32. The molecular weight excluding hydrogens is 306 g/mol. The van der Waals surface area contributed by atoms with Crippen LogP contribution in [-0.4, -0.2) is 22.2 Å². The Hall–Kier alpha value is -1.62. The molecule has 0 aromatic carbocycles. The van der Waals surface area contributed by atoms with Crippen molar-refractivity contribution in [2.24, 2.45) is 11.3 Å². The molecule has 1 amide bonds. The van der Waals surface area contributed by atoms with Gasteiger partial charge in [0.25, 0.3) is 5.91 Å². The molecule has 5 heteroatoms. The number of nitrogens with zero attached hydrogens (tertiary/aromatic N) is 2. The maximum Gasteiger partial charge on any atom is 0.261 e. The van der Waals surface area contributed by atoms with Crippen molar-refractivity contribution in [3.63, 3.8) is 0 Å². The molecule has 4 rings (SSSR count). The van der Waals surface area contributed by atoms with Gasteiger partial charge < -0.3 is 5.32 Å². The van der Waals surface area contributed by atoms with E-state index >= 15 is 0 Å². The minimum atomic E-state index is 0.101. The van der Waals surface area contributed by atoms with Crippen molar-refractivity contribution in [3.8, 4) is 0 Å². The van der Waals surface area contributed by atoms with Crippen molar-refractivity contribution < 1.29 is 4.79 Å². The smallest absolute Gasteiger partial charge is 0.261 e. The van der Waals surface area contributed by atoms with Crippen LogP contribution in [-0.2, 0) is 19.4 Å². The fourth-order valence-electron chi connectivity index (χ4n) is 3.48. The number of amides is 1. The number of aryl methyl sites for hydroxylation is 1.